The molecule has 0 aliphatic carbocycles. The van der Waals surface area contributed by atoms with Crippen LogP contribution in [0.4, 0.5) is 0 Å². The number of carbonyl (C=O) groups excluding carboxylic acids is 1. The molecule has 2 aromatic rings. The van der Waals surface area contributed by atoms with Crippen molar-refractivity contribution in [3.8, 4) is 10.9 Å². The summed E-state index contributed by atoms with van der Waals surface area (Å²) in [5.41, 5.74) is 1.09. The predicted molar refractivity (Wildman–Crippen MR) is 68.4 cm³/mol. The molecule has 17 heavy (non-hydrogen) atoms. The van der Waals surface area contributed by atoms with E-state index in [1.54, 1.807) is 0 Å². The van der Waals surface area contributed by atoms with Crippen molar-refractivity contribution in [2.24, 2.45) is 0 Å². The fraction of sp³-hybridized carbons (Fsp3) is 0.167. The van der Waals surface area contributed by atoms with E-state index in [1.807, 2.05) is 31.2 Å². The molecule has 1 heterocycles. The van der Waals surface area contributed by atoms with Gasteiger partial charge >= 0.3 is 0 Å². The van der Waals surface area contributed by atoms with Gasteiger partial charge in [0, 0.05) is 0 Å². The van der Waals surface area contributed by atoms with E-state index in [9.17, 15) is 4.79 Å². The van der Waals surface area contributed by atoms with Gasteiger partial charge in [0.05, 0.1) is 0 Å². The summed E-state index contributed by atoms with van der Waals surface area (Å²) in [6.07, 6.45) is 1.55. The zero-order chi connectivity index (χ0) is 12.3. The van der Waals surface area contributed by atoms with Crippen molar-refractivity contribution >= 4 is 29.2 Å². The van der Waals surface area contributed by atoms with Crippen LogP contribution in [0.3, 0.4) is 0 Å². The molecule has 1 aromatic heterocycles. The first kappa shape index (κ1) is 12.1. The zero-order valence-electron chi connectivity index (χ0n) is 9.14. The fourth-order valence-corrected chi connectivity index (χ4v) is 2.32. The molecule has 3 nitrogen and oxygen atoms in total. The maximum absolute atomic E-state index is 10.6. The fourth-order valence-electron chi connectivity index (χ4n) is 1.40. The van der Waals surface area contributed by atoms with Gasteiger partial charge in [-0.1, -0.05) is 48.1 Å². The molecule has 1 aromatic carbocycles. The minimum atomic E-state index is 0.189. The van der Waals surface area contributed by atoms with Gasteiger partial charge in [0.2, 0.25) is 0 Å². The topological polar surface area (TPSA) is 39.2 Å². The molecule has 0 saturated carbocycles. The maximum atomic E-state index is 10.6. The van der Waals surface area contributed by atoms with Crippen LogP contribution in [0.15, 0.2) is 24.3 Å². The molecule has 88 valence electrons. The van der Waals surface area contributed by atoms with Crippen molar-refractivity contribution in [2.45, 2.75) is 13.3 Å². The number of aldehydes is 1. The predicted octanol–water partition coefficient (Wildman–Crippen LogP) is 3.96. The van der Waals surface area contributed by atoms with Crippen LogP contribution in [0.25, 0.3) is 0 Å². The van der Waals surface area contributed by atoms with Crippen LogP contribution in [0.5, 0.6) is 10.9 Å². The molecule has 0 aliphatic heterocycles. The molecule has 0 fully saturated rings. The minimum absolute atomic E-state index is 0.189. The molecular weight excluding hydrogens is 258 g/mol. The normalized spacial score (nSPS) is 10.2. The van der Waals surface area contributed by atoms with Crippen molar-refractivity contribution in [3.63, 3.8) is 0 Å². The minimum Gasteiger partial charge on any atom is -0.431 e. The number of aromatic nitrogens is 1. The molecule has 0 bridgehead atoms. The number of halogens is 1. The first-order valence-electron chi connectivity index (χ1n) is 5.12. The van der Waals surface area contributed by atoms with E-state index >= 15 is 0 Å². The van der Waals surface area contributed by atoms with Gasteiger partial charge in [-0.3, -0.25) is 4.79 Å². The number of rotatable bonds is 4. The second-order valence-corrected chi connectivity index (χ2v) is 4.67. The smallest absolute Gasteiger partial charge is 0.280 e. The van der Waals surface area contributed by atoms with Crippen LogP contribution >= 0.6 is 22.9 Å². The van der Waals surface area contributed by atoms with E-state index in [4.69, 9.17) is 16.3 Å². The number of thiazole rings is 1. The summed E-state index contributed by atoms with van der Waals surface area (Å²) in [6.45, 7) is 2.05. The molecule has 0 spiro atoms. The largest absolute Gasteiger partial charge is 0.431 e. The second kappa shape index (κ2) is 5.29. The van der Waals surface area contributed by atoms with Crippen molar-refractivity contribution in [3.05, 3.63) is 39.9 Å². The lowest BCUT2D eigenvalue weighted by Gasteiger charge is -2.06. The quantitative estimate of drug-likeness (QED) is 0.787. The monoisotopic (exact) mass is 267 g/mol. The number of benzene rings is 1. The Morgan fingerprint density at radius 1 is 1.47 bits per heavy atom. The second-order valence-electron chi connectivity index (χ2n) is 3.32. The molecule has 0 aliphatic rings. The van der Waals surface area contributed by atoms with E-state index < -0.39 is 0 Å². The summed E-state index contributed by atoms with van der Waals surface area (Å²) >= 11 is 6.91. The van der Waals surface area contributed by atoms with E-state index in [-0.39, 0.29) is 5.15 Å². The Kier molecular flexibility index (Phi) is 3.76. The van der Waals surface area contributed by atoms with Crippen LogP contribution in [0, 0.1) is 0 Å². The van der Waals surface area contributed by atoms with E-state index in [1.165, 1.54) is 0 Å². The molecule has 5 heteroatoms. The third-order valence-electron chi connectivity index (χ3n) is 2.25. The Balaban J connectivity index is 2.28. The Hall–Kier alpha value is -1.39. The van der Waals surface area contributed by atoms with Gasteiger partial charge in [-0.2, -0.15) is 4.98 Å². The van der Waals surface area contributed by atoms with Gasteiger partial charge in [-0.25, -0.2) is 0 Å². The highest BCUT2D eigenvalue weighted by molar-refractivity contribution is 7.15. The summed E-state index contributed by atoms with van der Waals surface area (Å²) in [6, 6.07) is 7.71. The highest BCUT2D eigenvalue weighted by Crippen LogP contribution is 2.32. The number of ether oxygens (including phenoxy) is 1. The highest BCUT2D eigenvalue weighted by atomic mass is 35.5. The van der Waals surface area contributed by atoms with E-state index in [0.29, 0.717) is 16.4 Å². The molecule has 0 saturated heterocycles. The number of nitrogens with zero attached hydrogens (tertiary/aromatic N) is 1. The molecule has 2 rings (SSSR count). The highest BCUT2D eigenvalue weighted by Gasteiger charge is 2.11. The van der Waals surface area contributed by atoms with Crippen LogP contribution in [0.1, 0.15) is 22.2 Å². The van der Waals surface area contributed by atoms with Crippen LogP contribution in [0.2, 0.25) is 5.15 Å². The third-order valence-corrected chi connectivity index (χ3v) is 3.51. The summed E-state index contributed by atoms with van der Waals surface area (Å²) in [5, 5.41) is 0.576. The van der Waals surface area contributed by atoms with Crippen LogP contribution in [-0.2, 0) is 6.42 Å². The van der Waals surface area contributed by atoms with Gasteiger partial charge in [0.25, 0.3) is 5.19 Å². The van der Waals surface area contributed by atoms with Crippen molar-refractivity contribution in [2.75, 3.05) is 0 Å². The third kappa shape index (κ3) is 2.65. The molecule has 0 amide bonds. The number of hydrogen-bond donors (Lipinski definition) is 0. The Morgan fingerprint density at radius 3 is 2.88 bits per heavy atom. The summed E-state index contributed by atoms with van der Waals surface area (Å²) < 4.78 is 5.63. The van der Waals surface area contributed by atoms with Gasteiger partial charge in [-0.05, 0) is 18.1 Å². The maximum Gasteiger partial charge on any atom is 0.280 e. The molecular formula is C12H10ClNO2S. The Morgan fingerprint density at radius 2 is 2.24 bits per heavy atom. The number of carbonyl (C=O) groups is 1. The summed E-state index contributed by atoms with van der Waals surface area (Å²) in [5.74, 6) is 0.748. The molecule has 0 unspecified atom stereocenters. The molecule has 0 N–H and O–H groups in total. The SMILES string of the molecule is CCc1ccccc1Oc1nc(Cl)c(C=O)s1. The molecule has 0 radical (unpaired) electrons. The number of hydrogen-bond acceptors (Lipinski definition) is 4. The van der Waals surface area contributed by atoms with Gasteiger partial charge in [0.15, 0.2) is 11.4 Å². The van der Waals surface area contributed by atoms with Crippen molar-refractivity contribution in [1.82, 2.24) is 4.98 Å². The summed E-state index contributed by atoms with van der Waals surface area (Å²) in [4.78, 5) is 15.0. The van der Waals surface area contributed by atoms with E-state index in [2.05, 4.69) is 4.98 Å². The standard InChI is InChI=1S/C12H10ClNO2S/c1-2-8-5-3-4-6-9(8)16-12-14-11(13)10(7-15)17-12/h3-7H,2H2,1H3. The van der Waals surface area contributed by atoms with Gasteiger partial charge in [0.1, 0.15) is 10.6 Å². The lowest BCUT2D eigenvalue weighted by Crippen LogP contribution is -1.89. The van der Waals surface area contributed by atoms with E-state index in [0.717, 1.165) is 29.1 Å². The Labute approximate surface area is 108 Å². The lowest BCUT2D eigenvalue weighted by molar-refractivity contribution is 0.112. The Bertz CT molecular complexity index is 539. The lowest BCUT2D eigenvalue weighted by atomic mass is 10.1. The van der Waals surface area contributed by atoms with Crippen LogP contribution in [-0.4, -0.2) is 11.3 Å². The van der Waals surface area contributed by atoms with Crippen molar-refractivity contribution in [1.29, 1.82) is 0 Å². The first-order chi connectivity index (χ1) is 8.24. The van der Waals surface area contributed by atoms with Gasteiger partial charge in [-0.15, -0.1) is 0 Å². The summed E-state index contributed by atoms with van der Waals surface area (Å²) in [7, 11) is 0. The zero-order valence-corrected chi connectivity index (χ0v) is 10.7. The average Bonchev–Trinajstić information content (AvgIpc) is 2.70. The number of para-hydroxylation sites is 1. The van der Waals surface area contributed by atoms with Crippen LogP contribution < -0.4 is 4.74 Å². The van der Waals surface area contributed by atoms with Gasteiger partial charge < -0.3 is 4.74 Å². The van der Waals surface area contributed by atoms with Crippen molar-refractivity contribution < 1.29 is 9.53 Å². The number of aryl methyl sites for hydroxylation is 1. The molecule has 0 atom stereocenters. The average molecular weight is 268 g/mol. The first-order valence-corrected chi connectivity index (χ1v) is 6.31.